The van der Waals surface area contributed by atoms with E-state index in [0.29, 0.717) is 29.9 Å². The Bertz CT molecular complexity index is 1020. The van der Waals surface area contributed by atoms with Crippen molar-refractivity contribution in [2.45, 2.75) is 55.8 Å². The van der Waals surface area contributed by atoms with Crippen molar-refractivity contribution >= 4 is 0 Å². The lowest BCUT2D eigenvalue weighted by Gasteiger charge is -2.39. The van der Waals surface area contributed by atoms with Crippen molar-refractivity contribution in [3.05, 3.63) is 47.5 Å². The van der Waals surface area contributed by atoms with Gasteiger partial charge in [-0.15, -0.1) is 0 Å². The molecular weight excluding hydrogens is 504 g/mol. The number of phenolic OH excluding ortho intramolecular Hbond substituents is 1. The van der Waals surface area contributed by atoms with E-state index in [1.165, 1.54) is 32.4 Å². The van der Waals surface area contributed by atoms with Crippen molar-refractivity contribution in [3.8, 4) is 23.0 Å². The average Bonchev–Trinajstić information content (AvgIpc) is 2.94. The fourth-order valence-electron chi connectivity index (χ4n) is 4.10. The zero-order valence-electron chi connectivity index (χ0n) is 21.2. The van der Waals surface area contributed by atoms with Gasteiger partial charge >= 0.3 is 0 Å². The van der Waals surface area contributed by atoms with Gasteiger partial charge in [-0.3, -0.25) is 0 Å². The molecule has 1 aliphatic heterocycles. The summed E-state index contributed by atoms with van der Waals surface area (Å²) in [5.41, 5.74) is 1.25. The van der Waals surface area contributed by atoms with Gasteiger partial charge in [0.15, 0.2) is 35.4 Å². The molecule has 7 atom stereocenters. The van der Waals surface area contributed by atoms with E-state index in [2.05, 4.69) is 0 Å². The first-order valence-electron chi connectivity index (χ1n) is 12.2. The number of hydrogen-bond acceptors (Lipinski definition) is 12. The molecule has 3 rings (SSSR count). The van der Waals surface area contributed by atoms with Gasteiger partial charge in [0.25, 0.3) is 0 Å². The van der Waals surface area contributed by atoms with Crippen LogP contribution in [0, 0.1) is 0 Å². The molecule has 38 heavy (non-hydrogen) atoms. The molecule has 7 N–H and O–H groups in total. The molecule has 0 amide bonds. The van der Waals surface area contributed by atoms with Crippen LogP contribution >= 0.6 is 0 Å². The van der Waals surface area contributed by atoms with E-state index in [-0.39, 0.29) is 18.1 Å². The average molecular weight is 541 g/mol. The second-order valence-corrected chi connectivity index (χ2v) is 8.87. The van der Waals surface area contributed by atoms with E-state index in [1.54, 1.807) is 18.2 Å². The van der Waals surface area contributed by atoms with Crippen molar-refractivity contribution < 1.29 is 59.4 Å². The molecule has 0 saturated carbocycles. The lowest BCUT2D eigenvalue weighted by atomic mass is 9.99. The van der Waals surface area contributed by atoms with Crippen LogP contribution in [0.5, 0.6) is 23.0 Å². The number of ether oxygens (including phenoxy) is 5. The maximum absolute atomic E-state index is 10.8. The van der Waals surface area contributed by atoms with Crippen LogP contribution in [0.4, 0.5) is 0 Å². The maximum atomic E-state index is 10.8. The van der Waals surface area contributed by atoms with Crippen LogP contribution in [0.3, 0.4) is 0 Å². The number of aliphatic hydroxyl groups excluding tert-OH is 6. The predicted molar refractivity (Wildman–Crippen MR) is 132 cm³/mol. The van der Waals surface area contributed by atoms with Gasteiger partial charge in [0, 0.05) is 0 Å². The Labute approximate surface area is 220 Å². The van der Waals surface area contributed by atoms with Gasteiger partial charge < -0.3 is 59.4 Å². The predicted octanol–water partition coefficient (Wildman–Crippen LogP) is -0.368. The number of hydrogen-bond donors (Lipinski definition) is 7. The summed E-state index contributed by atoms with van der Waals surface area (Å²) in [6.07, 6.45) is -7.82. The van der Waals surface area contributed by atoms with Crippen molar-refractivity contribution in [1.82, 2.24) is 0 Å². The maximum Gasteiger partial charge on any atom is 0.186 e. The summed E-state index contributed by atoms with van der Waals surface area (Å²) in [6.45, 7) is -0.862. The smallest absolute Gasteiger partial charge is 0.186 e. The first-order valence-corrected chi connectivity index (χ1v) is 12.2. The molecule has 12 heteroatoms. The van der Waals surface area contributed by atoms with Gasteiger partial charge in [0.05, 0.1) is 34.0 Å². The molecule has 2 aromatic rings. The Kier molecular flexibility index (Phi) is 10.9. The van der Waals surface area contributed by atoms with Gasteiger partial charge in [-0.05, 0) is 48.2 Å². The molecule has 1 heterocycles. The largest absolute Gasteiger partial charge is 0.504 e. The highest BCUT2D eigenvalue weighted by atomic mass is 16.7. The third-order valence-corrected chi connectivity index (χ3v) is 6.32. The highest BCUT2D eigenvalue weighted by Gasteiger charge is 2.43. The standard InChI is InChI=1S/C26H36O12/c1-34-18-11-15(6-7-16(18)29)22(30)20(12-27)37-17-8-5-14(10-19(17)35-2)4-3-9-36-26-25(33)24(32)23(31)21(13-28)38-26/h5-8,10-11,20-33H,3-4,9,12-13H2,1-2H3/t20-,21-,22+,23+,24+,25+,26+/m0/s1. The second kappa shape index (κ2) is 13.9. The third-order valence-electron chi connectivity index (χ3n) is 6.32. The molecule has 0 aromatic heterocycles. The van der Waals surface area contributed by atoms with E-state index in [0.717, 1.165) is 5.56 Å². The molecule has 1 fully saturated rings. The van der Waals surface area contributed by atoms with Gasteiger partial charge in [-0.2, -0.15) is 0 Å². The minimum atomic E-state index is -1.50. The Hall–Kier alpha value is -2.68. The fraction of sp³-hybridized carbons (Fsp3) is 0.538. The highest BCUT2D eigenvalue weighted by molar-refractivity contribution is 5.44. The molecule has 1 saturated heterocycles. The normalized spacial score (nSPS) is 25.0. The quantitative estimate of drug-likeness (QED) is 0.164. The van der Waals surface area contributed by atoms with Crippen LogP contribution in [0.15, 0.2) is 36.4 Å². The van der Waals surface area contributed by atoms with Crippen LogP contribution < -0.4 is 14.2 Å². The van der Waals surface area contributed by atoms with Crippen LogP contribution in [0.25, 0.3) is 0 Å². The van der Waals surface area contributed by atoms with Crippen LogP contribution in [-0.2, 0) is 15.9 Å². The molecular formula is C26H36O12. The van der Waals surface area contributed by atoms with E-state index in [4.69, 9.17) is 23.7 Å². The summed E-state index contributed by atoms with van der Waals surface area (Å²) in [7, 11) is 2.85. The monoisotopic (exact) mass is 540 g/mol. The molecule has 0 radical (unpaired) electrons. The van der Waals surface area contributed by atoms with E-state index in [1.807, 2.05) is 0 Å². The zero-order chi connectivity index (χ0) is 27.8. The first-order chi connectivity index (χ1) is 18.2. The van der Waals surface area contributed by atoms with Crippen molar-refractivity contribution in [2.24, 2.45) is 0 Å². The van der Waals surface area contributed by atoms with Crippen LogP contribution in [0.1, 0.15) is 23.7 Å². The van der Waals surface area contributed by atoms with Crippen LogP contribution in [0.2, 0.25) is 0 Å². The Morgan fingerprint density at radius 2 is 1.63 bits per heavy atom. The van der Waals surface area contributed by atoms with E-state index >= 15 is 0 Å². The van der Waals surface area contributed by atoms with Gasteiger partial charge in [0.1, 0.15) is 30.5 Å². The molecule has 2 aromatic carbocycles. The number of aryl methyl sites for hydroxylation is 1. The number of aliphatic hydroxyl groups is 6. The topological polar surface area (TPSA) is 188 Å². The fourth-order valence-corrected chi connectivity index (χ4v) is 4.10. The highest BCUT2D eigenvalue weighted by Crippen LogP contribution is 2.34. The number of benzene rings is 2. The van der Waals surface area contributed by atoms with E-state index < -0.39 is 56.1 Å². The molecule has 0 unspecified atom stereocenters. The van der Waals surface area contributed by atoms with E-state index in [9.17, 15) is 35.7 Å². The molecule has 0 spiro atoms. The van der Waals surface area contributed by atoms with Crippen molar-refractivity contribution in [3.63, 3.8) is 0 Å². The minimum absolute atomic E-state index is 0.0826. The molecule has 1 aliphatic rings. The summed E-state index contributed by atoms with van der Waals surface area (Å²) in [5, 5.41) is 69.4. The second-order valence-electron chi connectivity index (χ2n) is 8.87. The Morgan fingerprint density at radius 3 is 2.29 bits per heavy atom. The SMILES string of the molecule is COc1cc([C@@H](O)[C@H](CO)Oc2ccc(CCCO[C@@H]3O[C@@H](CO)[C@@H](O)[C@@H](O)[C@H]3O)cc2OC)ccc1O. The van der Waals surface area contributed by atoms with Crippen molar-refractivity contribution in [1.29, 1.82) is 0 Å². The Morgan fingerprint density at radius 1 is 0.895 bits per heavy atom. The molecule has 0 bridgehead atoms. The van der Waals surface area contributed by atoms with Crippen LogP contribution in [-0.4, -0.2) is 107 Å². The number of phenols is 1. The number of rotatable bonds is 13. The minimum Gasteiger partial charge on any atom is -0.504 e. The lowest BCUT2D eigenvalue weighted by molar-refractivity contribution is -0.301. The summed E-state index contributed by atoms with van der Waals surface area (Å²) in [5.74, 6) is 0.778. The first kappa shape index (κ1) is 29.9. The zero-order valence-corrected chi connectivity index (χ0v) is 21.2. The summed E-state index contributed by atoms with van der Waals surface area (Å²) < 4.78 is 27.2. The molecule has 12 nitrogen and oxygen atoms in total. The summed E-state index contributed by atoms with van der Waals surface area (Å²) >= 11 is 0. The molecule has 212 valence electrons. The summed E-state index contributed by atoms with van der Waals surface area (Å²) in [6, 6.07) is 9.52. The van der Waals surface area contributed by atoms with Gasteiger partial charge in [0.2, 0.25) is 0 Å². The number of aromatic hydroxyl groups is 1. The molecule has 0 aliphatic carbocycles. The Balaban J connectivity index is 1.58. The number of methoxy groups -OCH3 is 2. The lowest BCUT2D eigenvalue weighted by Crippen LogP contribution is -2.59. The third kappa shape index (κ3) is 7.04. The van der Waals surface area contributed by atoms with Crippen molar-refractivity contribution in [2.75, 3.05) is 34.0 Å². The summed E-state index contributed by atoms with van der Waals surface area (Å²) in [4.78, 5) is 0. The van der Waals surface area contributed by atoms with Gasteiger partial charge in [-0.25, -0.2) is 0 Å². The van der Waals surface area contributed by atoms with Gasteiger partial charge in [-0.1, -0.05) is 12.1 Å².